The van der Waals surface area contributed by atoms with Crippen molar-refractivity contribution in [1.82, 2.24) is 4.98 Å². The predicted octanol–water partition coefficient (Wildman–Crippen LogP) is 3.61. The lowest BCUT2D eigenvalue weighted by atomic mass is 10.2. The molecule has 0 bridgehead atoms. The van der Waals surface area contributed by atoms with E-state index in [4.69, 9.17) is 16.7 Å². The maximum Gasteiger partial charge on any atom is 0.417 e. The summed E-state index contributed by atoms with van der Waals surface area (Å²) in [5.41, 5.74) is 1.68. The Kier molecular flexibility index (Phi) is 4.41. The average molecular weight is 332 g/mol. The molecule has 0 atom stereocenters. The second kappa shape index (κ2) is 6.10. The van der Waals surface area contributed by atoms with Crippen molar-refractivity contribution < 1.29 is 23.4 Å². The maximum absolute atomic E-state index is 12.5. The summed E-state index contributed by atoms with van der Waals surface area (Å²) in [7, 11) is 0. The summed E-state index contributed by atoms with van der Waals surface area (Å²) in [6.07, 6.45) is -2.71. The smallest absolute Gasteiger partial charge is 0.417 e. The number of phenolic OH excluding ortho intramolecular Hbond substituents is 2. The second-order valence-corrected chi connectivity index (χ2v) is 4.57. The number of anilines is 1. The van der Waals surface area contributed by atoms with E-state index in [0.717, 1.165) is 12.1 Å². The van der Waals surface area contributed by atoms with Crippen molar-refractivity contribution in [3.05, 3.63) is 46.6 Å². The molecule has 0 amide bonds. The summed E-state index contributed by atoms with van der Waals surface area (Å²) >= 11 is 5.69. The molecule has 0 radical (unpaired) electrons. The molecular weight excluding hydrogens is 323 g/mol. The second-order valence-electron chi connectivity index (χ2n) is 4.17. The van der Waals surface area contributed by atoms with E-state index < -0.39 is 11.7 Å². The van der Waals surface area contributed by atoms with Crippen molar-refractivity contribution in [2.24, 2.45) is 5.10 Å². The number of halogens is 4. The van der Waals surface area contributed by atoms with Gasteiger partial charge in [0.1, 0.15) is 11.5 Å². The summed E-state index contributed by atoms with van der Waals surface area (Å²) in [6.45, 7) is 0. The zero-order chi connectivity index (χ0) is 16.3. The number of benzene rings is 1. The monoisotopic (exact) mass is 331 g/mol. The van der Waals surface area contributed by atoms with Crippen LogP contribution in [0.2, 0.25) is 5.02 Å². The van der Waals surface area contributed by atoms with Gasteiger partial charge in [-0.1, -0.05) is 11.6 Å². The summed E-state index contributed by atoms with van der Waals surface area (Å²) < 4.78 is 37.4. The number of nitrogens with one attached hydrogen (secondary N) is 1. The van der Waals surface area contributed by atoms with Crippen LogP contribution in [0.1, 0.15) is 11.1 Å². The Bertz CT molecular complexity index is 720. The molecule has 0 unspecified atom stereocenters. The number of alkyl halides is 3. The number of pyridine rings is 1. The summed E-state index contributed by atoms with van der Waals surface area (Å²) in [5, 5.41) is 22.1. The standard InChI is InChI=1S/C13H9ClF3N3O2/c14-10-3-8(13(15,16)17)6-18-12(10)20-19-5-7-1-2-9(21)4-11(7)22/h1-6,21-22H,(H,18,20)/b19-5+. The fraction of sp³-hybridized carbons (Fsp3) is 0.0769. The van der Waals surface area contributed by atoms with Crippen LogP contribution < -0.4 is 5.43 Å². The number of hydrogen-bond acceptors (Lipinski definition) is 5. The number of aromatic nitrogens is 1. The van der Waals surface area contributed by atoms with Gasteiger partial charge in [0.2, 0.25) is 0 Å². The first kappa shape index (κ1) is 15.9. The number of nitrogens with zero attached hydrogens (tertiary/aromatic N) is 2. The van der Waals surface area contributed by atoms with Crippen molar-refractivity contribution in [1.29, 1.82) is 0 Å². The molecule has 9 heteroatoms. The van der Waals surface area contributed by atoms with Crippen LogP contribution >= 0.6 is 11.6 Å². The van der Waals surface area contributed by atoms with Gasteiger partial charge >= 0.3 is 6.18 Å². The lowest BCUT2D eigenvalue weighted by molar-refractivity contribution is -0.137. The highest BCUT2D eigenvalue weighted by molar-refractivity contribution is 6.32. The highest BCUT2D eigenvalue weighted by atomic mass is 35.5. The first-order valence-electron chi connectivity index (χ1n) is 5.81. The number of hydrazone groups is 1. The van der Waals surface area contributed by atoms with Gasteiger partial charge < -0.3 is 10.2 Å². The average Bonchev–Trinajstić information content (AvgIpc) is 2.41. The number of aromatic hydroxyl groups is 2. The quantitative estimate of drug-likeness (QED) is 0.593. The van der Waals surface area contributed by atoms with Crippen molar-refractivity contribution in [3.8, 4) is 11.5 Å². The Morgan fingerprint density at radius 2 is 1.95 bits per heavy atom. The zero-order valence-electron chi connectivity index (χ0n) is 10.8. The molecule has 5 nitrogen and oxygen atoms in total. The van der Waals surface area contributed by atoms with E-state index in [-0.39, 0.29) is 27.9 Å². The highest BCUT2D eigenvalue weighted by Crippen LogP contribution is 2.32. The Balaban J connectivity index is 2.13. The molecule has 0 aliphatic heterocycles. The van der Waals surface area contributed by atoms with Gasteiger partial charge in [0.25, 0.3) is 0 Å². The van der Waals surface area contributed by atoms with Crippen LogP contribution in [0, 0.1) is 0 Å². The third-order valence-corrected chi connectivity index (χ3v) is 2.84. The Morgan fingerprint density at radius 1 is 1.23 bits per heavy atom. The van der Waals surface area contributed by atoms with E-state index in [1.165, 1.54) is 18.3 Å². The van der Waals surface area contributed by atoms with E-state index in [1.807, 2.05) is 0 Å². The van der Waals surface area contributed by atoms with Crippen molar-refractivity contribution >= 4 is 23.6 Å². The van der Waals surface area contributed by atoms with E-state index in [9.17, 15) is 18.3 Å². The molecule has 2 rings (SSSR count). The molecule has 3 N–H and O–H groups in total. The molecule has 0 saturated heterocycles. The molecule has 0 aliphatic rings. The van der Waals surface area contributed by atoms with E-state index >= 15 is 0 Å². The van der Waals surface area contributed by atoms with Gasteiger partial charge in [-0.3, -0.25) is 5.43 Å². The zero-order valence-corrected chi connectivity index (χ0v) is 11.5. The minimum absolute atomic E-state index is 0.0656. The third kappa shape index (κ3) is 3.79. The van der Waals surface area contributed by atoms with Crippen molar-refractivity contribution in [3.63, 3.8) is 0 Å². The number of phenols is 2. The normalized spacial score (nSPS) is 11.8. The molecular formula is C13H9ClF3N3O2. The van der Waals surface area contributed by atoms with Crippen LogP contribution in [-0.4, -0.2) is 21.4 Å². The Hall–Kier alpha value is -2.48. The minimum atomic E-state index is -4.53. The SMILES string of the molecule is Oc1ccc(/C=N/Nc2ncc(C(F)(F)F)cc2Cl)c(O)c1. The highest BCUT2D eigenvalue weighted by Gasteiger charge is 2.31. The van der Waals surface area contributed by atoms with Crippen LogP contribution in [0.25, 0.3) is 0 Å². The lowest BCUT2D eigenvalue weighted by Gasteiger charge is -2.08. The van der Waals surface area contributed by atoms with E-state index in [1.54, 1.807) is 0 Å². The molecule has 2 aromatic rings. The van der Waals surface area contributed by atoms with Crippen LogP contribution in [0.5, 0.6) is 11.5 Å². The van der Waals surface area contributed by atoms with Gasteiger partial charge in [-0.25, -0.2) is 4.98 Å². The number of hydrogen-bond donors (Lipinski definition) is 3. The minimum Gasteiger partial charge on any atom is -0.508 e. The third-order valence-electron chi connectivity index (χ3n) is 2.56. The Morgan fingerprint density at radius 3 is 2.55 bits per heavy atom. The molecule has 1 aromatic heterocycles. The summed E-state index contributed by atoms with van der Waals surface area (Å²) in [4.78, 5) is 3.53. The van der Waals surface area contributed by atoms with Gasteiger partial charge in [0.15, 0.2) is 5.82 Å². The molecule has 0 aliphatic carbocycles. The van der Waals surface area contributed by atoms with Crippen LogP contribution in [0.15, 0.2) is 35.6 Å². The summed E-state index contributed by atoms with van der Waals surface area (Å²) in [5.74, 6) is -0.392. The van der Waals surface area contributed by atoms with Gasteiger partial charge in [0, 0.05) is 17.8 Å². The molecule has 0 spiro atoms. The fourth-order valence-corrected chi connectivity index (χ4v) is 1.69. The molecule has 1 heterocycles. The molecule has 0 fully saturated rings. The van der Waals surface area contributed by atoms with Crippen molar-refractivity contribution in [2.45, 2.75) is 6.18 Å². The first-order chi connectivity index (χ1) is 10.3. The molecule has 116 valence electrons. The van der Waals surface area contributed by atoms with Gasteiger partial charge in [-0.2, -0.15) is 18.3 Å². The maximum atomic E-state index is 12.5. The fourth-order valence-electron chi connectivity index (χ4n) is 1.48. The van der Waals surface area contributed by atoms with Gasteiger partial charge in [0.05, 0.1) is 16.8 Å². The van der Waals surface area contributed by atoms with Gasteiger partial charge in [-0.05, 0) is 18.2 Å². The summed E-state index contributed by atoms with van der Waals surface area (Å²) in [6, 6.07) is 4.58. The topological polar surface area (TPSA) is 77.7 Å². The largest absolute Gasteiger partial charge is 0.508 e. The van der Waals surface area contributed by atoms with E-state index in [2.05, 4.69) is 15.5 Å². The lowest BCUT2D eigenvalue weighted by Crippen LogP contribution is -2.06. The number of rotatable bonds is 3. The molecule has 22 heavy (non-hydrogen) atoms. The van der Waals surface area contributed by atoms with Crippen LogP contribution in [-0.2, 0) is 6.18 Å². The molecule has 0 saturated carbocycles. The Labute approximate surface area is 127 Å². The predicted molar refractivity (Wildman–Crippen MR) is 75.2 cm³/mol. The van der Waals surface area contributed by atoms with Gasteiger partial charge in [-0.15, -0.1) is 0 Å². The first-order valence-corrected chi connectivity index (χ1v) is 6.19. The van der Waals surface area contributed by atoms with Crippen LogP contribution in [0.4, 0.5) is 19.0 Å². The van der Waals surface area contributed by atoms with E-state index in [0.29, 0.717) is 6.20 Å². The molecule has 1 aromatic carbocycles. The van der Waals surface area contributed by atoms with Crippen LogP contribution in [0.3, 0.4) is 0 Å². The van der Waals surface area contributed by atoms with Crippen molar-refractivity contribution in [2.75, 3.05) is 5.43 Å².